The van der Waals surface area contributed by atoms with Crippen molar-refractivity contribution in [2.75, 3.05) is 26.2 Å². The number of amides is 1. The molecule has 5 heteroatoms. The number of hydrogen-bond acceptors (Lipinski definition) is 3. The lowest BCUT2D eigenvalue weighted by Gasteiger charge is -2.41. The molecule has 1 atom stereocenters. The van der Waals surface area contributed by atoms with Gasteiger partial charge in [-0.05, 0) is 43.5 Å². The van der Waals surface area contributed by atoms with Crippen molar-refractivity contribution in [2.24, 2.45) is 5.41 Å². The Bertz CT molecular complexity index is 517. The number of carbonyl (C=O) groups excluding carboxylic acids is 1. The highest BCUT2D eigenvalue weighted by Crippen LogP contribution is 2.32. The van der Waals surface area contributed by atoms with Crippen molar-refractivity contribution < 1.29 is 9.90 Å². The Morgan fingerprint density at radius 1 is 1.48 bits per heavy atom. The van der Waals surface area contributed by atoms with Crippen LogP contribution in [-0.2, 0) is 11.3 Å². The molecule has 0 spiro atoms. The summed E-state index contributed by atoms with van der Waals surface area (Å²) in [6.45, 7) is 5.54. The van der Waals surface area contributed by atoms with Gasteiger partial charge in [0, 0.05) is 43.1 Å². The molecule has 0 radical (unpaired) electrons. The second kappa shape index (κ2) is 8.67. The quantitative estimate of drug-likeness (QED) is 0.803. The maximum absolute atomic E-state index is 12.0. The molecular weight excluding hydrogens is 312 g/mol. The zero-order chi connectivity index (χ0) is 16.7. The van der Waals surface area contributed by atoms with Gasteiger partial charge in [-0.15, -0.1) is 0 Å². The maximum Gasteiger partial charge on any atom is 0.221 e. The van der Waals surface area contributed by atoms with E-state index in [4.69, 9.17) is 11.6 Å². The number of rotatable bonds is 7. The number of aliphatic hydroxyl groups excluding tert-OH is 1. The van der Waals surface area contributed by atoms with Crippen LogP contribution in [0.3, 0.4) is 0 Å². The zero-order valence-electron chi connectivity index (χ0n) is 13.9. The van der Waals surface area contributed by atoms with Crippen LogP contribution in [0.25, 0.3) is 0 Å². The van der Waals surface area contributed by atoms with Gasteiger partial charge in [0.05, 0.1) is 0 Å². The van der Waals surface area contributed by atoms with E-state index >= 15 is 0 Å². The van der Waals surface area contributed by atoms with E-state index in [1.54, 1.807) is 0 Å². The summed E-state index contributed by atoms with van der Waals surface area (Å²) < 4.78 is 0. The van der Waals surface area contributed by atoms with Crippen LogP contribution < -0.4 is 5.32 Å². The van der Waals surface area contributed by atoms with E-state index in [2.05, 4.69) is 17.1 Å². The fourth-order valence-corrected chi connectivity index (χ4v) is 3.44. The van der Waals surface area contributed by atoms with Crippen molar-refractivity contribution in [3.05, 3.63) is 34.9 Å². The molecule has 1 aliphatic heterocycles. The number of piperidine rings is 1. The third-order valence-corrected chi connectivity index (χ3v) is 5.09. The molecule has 1 aliphatic rings. The summed E-state index contributed by atoms with van der Waals surface area (Å²) in [5.74, 6) is 0.0571. The lowest BCUT2D eigenvalue weighted by Crippen LogP contribution is -2.46. The minimum atomic E-state index is 0.0233. The fraction of sp³-hybridized carbons (Fsp3) is 0.611. The number of halogens is 1. The standard InChI is InChI=1S/C18H27ClN2O2/c1-2-18(14-22)8-4-9-21(13-18)10-7-17(23)20-12-15-5-3-6-16(19)11-15/h3,5-6,11,22H,2,4,7-10,12-14H2,1H3,(H,20,23). The van der Waals surface area contributed by atoms with Crippen molar-refractivity contribution >= 4 is 17.5 Å². The summed E-state index contributed by atoms with van der Waals surface area (Å²) in [5.41, 5.74) is 1.03. The van der Waals surface area contributed by atoms with Gasteiger partial charge in [0.1, 0.15) is 0 Å². The van der Waals surface area contributed by atoms with Crippen LogP contribution in [0.15, 0.2) is 24.3 Å². The summed E-state index contributed by atoms with van der Waals surface area (Å²) in [7, 11) is 0. The Hall–Kier alpha value is -1.10. The molecule has 0 saturated carbocycles. The van der Waals surface area contributed by atoms with Crippen LogP contribution in [0, 0.1) is 5.41 Å². The minimum Gasteiger partial charge on any atom is -0.396 e. The molecule has 1 fully saturated rings. The smallest absolute Gasteiger partial charge is 0.221 e. The van der Waals surface area contributed by atoms with Crippen LogP contribution >= 0.6 is 11.6 Å². The number of hydrogen-bond donors (Lipinski definition) is 2. The molecule has 4 nitrogen and oxygen atoms in total. The molecule has 2 rings (SSSR count). The van der Waals surface area contributed by atoms with Gasteiger partial charge in [-0.3, -0.25) is 4.79 Å². The monoisotopic (exact) mass is 338 g/mol. The van der Waals surface area contributed by atoms with E-state index in [0.717, 1.165) is 44.5 Å². The lowest BCUT2D eigenvalue weighted by molar-refractivity contribution is -0.121. The molecule has 1 aromatic carbocycles. The van der Waals surface area contributed by atoms with Gasteiger partial charge in [0.25, 0.3) is 0 Å². The first-order valence-corrected chi connectivity index (χ1v) is 8.79. The minimum absolute atomic E-state index is 0.0233. The molecule has 1 aromatic rings. The first-order chi connectivity index (χ1) is 11.1. The molecule has 2 N–H and O–H groups in total. The first kappa shape index (κ1) is 18.2. The van der Waals surface area contributed by atoms with Crippen LogP contribution in [0.4, 0.5) is 0 Å². The van der Waals surface area contributed by atoms with Crippen molar-refractivity contribution in [2.45, 2.75) is 39.2 Å². The van der Waals surface area contributed by atoms with Crippen molar-refractivity contribution in [1.29, 1.82) is 0 Å². The van der Waals surface area contributed by atoms with E-state index in [9.17, 15) is 9.90 Å². The van der Waals surface area contributed by atoms with Gasteiger partial charge in [-0.25, -0.2) is 0 Å². The van der Waals surface area contributed by atoms with E-state index in [1.807, 2.05) is 24.3 Å². The number of likely N-dealkylation sites (tertiary alicyclic amines) is 1. The third kappa shape index (κ3) is 5.48. The second-order valence-corrected chi connectivity index (χ2v) is 6.98. The van der Waals surface area contributed by atoms with Gasteiger partial charge < -0.3 is 15.3 Å². The van der Waals surface area contributed by atoms with Gasteiger partial charge in [0.15, 0.2) is 0 Å². The van der Waals surface area contributed by atoms with E-state index in [0.29, 0.717) is 18.0 Å². The Balaban J connectivity index is 1.74. The van der Waals surface area contributed by atoms with Crippen LogP contribution in [-0.4, -0.2) is 42.2 Å². The fourth-order valence-electron chi connectivity index (χ4n) is 3.23. The molecule has 1 amide bonds. The average molecular weight is 339 g/mol. The zero-order valence-corrected chi connectivity index (χ0v) is 14.6. The molecule has 23 heavy (non-hydrogen) atoms. The molecule has 1 saturated heterocycles. The molecular formula is C18H27ClN2O2. The lowest BCUT2D eigenvalue weighted by atomic mass is 9.78. The summed E-state index contributed by atoms with van der Waals surface area (Å²) in [5, 5.41) is 13.3. The van der Waals surface area contributed by atoms with Gasteiger partial charge >= 0.3 is 0 Å². The van der Waals surface area contributed by atoms with Crippen LogP contribution in [0.1, 0.15) is 38.2 Å². The summed E-state index contributed by atoms with van der Waals surface area (Å²) in [6.07, 6.45) is 3.66. The van der Waals surface area contributed by atoms with E-state index in [-0.39, 0.29) is 17.9 Å². The molecule has 0 bridgehead atoms. The largest absolute Gasteiger partial charge is 0.396 e. The van der Waals surface area contributed by atoms with Gasteiger partial charge in [-0.1, -0.05) is 30.7 Å². The first-order valence-electron chi connectivity index (χ1n) is 8.41. The second-order valence-electron chi connectivity index (χ2n) is 6.55. The maximum atomic E-state index is 12.0. The van der Waals surface area contributed by atoms with E-state index < -0.39 is 0 Å². The third-order valence-electron chi connectivity index (χ3n) is 4.86. The van der Waals surface area contributed by atoms with Gasteiger partial charge in [0.2, 0.25) is 5.91 Å². The van der Waals surface area contributed by atoms with E-state index in [1.165, 1.54) is 0 Å². The van der Waals surface area contributed by atoms with Crippen LogP contribution in [0.2, 0.25) is 5.02 Å². The number of nitrogens with zero attached hydrogens (tertiary/aromatic N) is 1. The summed E-state index contributed by atoms with van der Waals surface area (Å²) in [4.78, 5) is 14.3. The van der Waals surface area contributed by atoms with Crippen molar-refractivity contribution in [3.8, 4) is 0 Å². The SMILES string of the molecule is CCC1(CO)CCCN(CCC(=O)NCc2cccc(Cl)c2)C1. The predicted octanol–water partition coefficient (Wildman–Crippen LogP) is 2.83. The number of benzene rings is 1. The molecule has 1 heterocycles. The molecule has 128 valence electrons. The highest BCUT2D eigenvalue weighted by Gasteiger charge is 2.33. The number of aliphatic hydroxyl groups is 1. The molecule has 1 unspecified atom stereocenters. The summed E-state index contributed by atoms with van der Waals surface area (Å²) >= 11 is 5.94. The predicted molar refractivity (Wildman–Crippen MR) is 93.4 cm³/mol. The normalized spacial score (nSPS) is 22.0. The average Bonchev–Trinajstić information content (AvgIpc) is 2.58. The Kier molecular flexibility index (Phi) is 6.88. The van der Waals surface area contributed by atoms with Crippen molar-refractivity contribution in [1.82, 2.24) is 10.2 Å². The highest BCUT2D eigenvalue weighted by molar-refractivity contribution is 6.30. The number of nitrogens with one attached hydrogen (secondary N) is 1. The Morgan fingerprint density at radius 3 is 3.00 bits per heavy atom. The van der Waals surface area contributed by atoms with Gasteiger partial charge in [-0.2, -0.15) is 0 Å². The summed E-state index contributed by atoms with van der Waals surface area (Å²) in [6, 6.07) is 7.53. The number of carbonyl (C=O) groups is 1. The topological polar surface area (TPSA) is 52.6 Å². The Labute approximate surface area is 143 Å². The molecule has 0 aromatic heterocycles. The Morgan fingerprint density at radius 2 is 2.30 bits per heavy atom. The highest BCUT2D eigenvalue weighted by atomic mass is 35.5. The molecule has 0 aliphatic carbocycles. The van der Waals surface area contributed by atoms with Crippen molar-refractivity contribution in [3.63, 3.8) is 0 Å². The van der Waals surface area contributed by atoms with Crippen LogP contribution in [0.5, 0.6) is 0 Å².